The molecule has 0 aliphatic heterocycles. The van der Waals surface area contributed by atoms with E-state index < -0.39 is 0 Å². The van der Waals surface area contributed by atoms with Crippen LogP contribution in [-0.2, 0) is 14.3 Å². The lowest BCUT2D eigenvalue weighted by Crippen LogP contribution is -2.29. The minimum absolute atomic E-state index is 0.0892. The summed E-state index contributed by atoms with van der Waals surface area (Å²) in [6.07, 6.45) is 2.85. The number of esters is 1. The number of nitrogens with zero attached hydrogens (tertiary/aromatic N) is 1. The Labute approximate surface area is 117 Å². The highest BCUT2D eigenvalue weighted by Crippen LogP contribution is 2.09. The van der Waals surface area contributed by atoms with Crippen LogP contribution in [0.4, 0.5) is 0 Å². The number of aromatic nitrogens is 1. The average molecular weight is 284 g/mol. The topological polar surface area (TPSA) is 90.7 Å². The molecule has 0 unspecified atom stereocenters. The van der Waals surface area contributed by atoms with Crippen LogP contribution in [0.1, 0.15) is 31.4 Å². The normalized spacial score (nSPS) is 10.1. The van der Waals surface area contributed by atoms with Gasteiger partial charge in [-0.1, -0.05) is 6.42 Å². The van der Waals surface area contributed by atoms with E-state index in [-0.39, 0.29) is 18.5 Å². The van der Waals surface area contributed by atoms with E-state index in [1.165, 1.54) is 7.11 Å². The van der Waals surface area contributed by atoms with E-state index in [0.717, 1.165) is 19.3 Å². The summed E-state index contributed by atoms with van der Waals surface area (Å²) in [6.45, 7) is 2.21. The molecule has 1 aromatic heterocycles. The number of hydrogen-bond donors (Lipinski definition) is 1. The second-order valence-corrected chi connectivity index (χ2v) is 4.30. The van der Waals surface area contributed by atoms with Crippen LogP contribution in [0.15, 0.2) is 10.6 Å². The first-order chi connectivity index (χ1) is 9.61. The lowest BCUT2D eigenvalue weighted by atomic mass is 10.2. The molecule has 0 saturated heterocycles. The predicted molar refractivity (Wildman–Crippen MR) is 70.2 cm³/mol. The van der Waals surface area contributed by atoms with Crippen molar-refractivity contribution in [3.63, 3.8) is 0 Å². The summed E-state index contributed by atoms with van der Waals surface area (Å²) in [7, 11) is 1.37. The van der Waals surface area contributed by atoms with Gasteiger partial charge in [-0.2, -0.15) is 0 Å². The lowest BCUT2D eigenvalue weighted by Gasteiger charge is -2.05. The molecule has 1 amide bonds. The third kappa shape index (κ3) is 6.77. The van der Waals surface area contributed by atoms with Gasteiger partial charge in [0, 0.05) is 19.0 Å². The van der Waals surface area contributed by atoms with E-state index in [9.17, 15) is 9.59 Å². The maximum absolute atomic E-state index is 11.4. The Bertz CT molecular complexity index is 430. The summed E-state index contributed by atoms with van der Waals surface area (Å²) >= 11 is 0. The number of carbonyl (C=O) groups excluding carboxylic acids is 2. The molecule has 0 aliphatic carbocycles. The second kappa shape index (κ2) is 8.95. The van der Waals surface area contributed by atoms with Gasteiger partial charge < -0.3 is 19.3 Å². The summed E-state index contributed by atoms with van der Waals surface area (Å²) in [5.74, 6) is 0.519. The number of hydrogen-bond acceptors (Lipinski definition) is 6. The molecule has 0 bridgehead atoms. The van der Waals surface area contributed by atoms with Gasteiger partial charge >= 0.3 is 5.97 Å². The van der Waals surface area contributed by atoms with Crippen molar-refractivity contribution < 1.29 is 23.6 Å². The molecule has 0 atom stereocenters. The van der Waals surface area contributed by atoms with Crippen molar-refractivity contribution in [3.8, 4) is 5.88 Å². The van der Waals surface area contributed by atoms with Crippen molar-refractivity contribution in [2.45, 2.75) is 32.6 Å². The summed E-state index contributed by atoms with van der Waals surface area (Å²) in [6, 6.07) is 1.61. The van der Waals surface area contributed by atoms with Crippen molar-refractivity contribution in [1.29, 1.82) is 0 Å². The number of amides is 1. The number of rotatable bonds is 9. The zero-order valence-electron chi connectivity index (χ0n) is 11.8. The Morgan fingerprint density at radius 3 is 2.80 bits per heavy atom. The summed E-state index contributed by atoms with van der Waals surface area (Å²) in [5.41, 5.74) is 0. The van der Waals surface area contributed by atoms with Gasteiger partial charge in [0.05, 0.1) is 7.11 Å². The monoisotopic (exact) mass is 284 g/mol. The van der Waals surface area contributed by atoms with Crippen LogP contribution in [-0.4, -0.2) is 37.3 Å². The number of carbonyl (C=O) groups is 2. The first-order valence-corrected chi connectivity index (χ1v) is 6.51. The Hall–Kier alpha value is -2.05. The maximum Gasteiger partial charge on any atom is 0.305 e. The molecule has 0 spiro atoms. The first kappa shape index (κ1) is 16.0. The molecule has 7 heteroatoms. The number of nitrogens with one attached hydrogen (secondary N) is 1. The highest BCUT2D eigenvalue weighted by Gasteiger charge is 2.05. The molecule has 0 saturated carbocycles. The van der Waals surface area contributed by atoms with Crippen LogP contribution in [0.3, 0.4) is 0 Å². The second-order valence-electron chi connectivity index (χ2n) is 4.30. The Morgan fingerprint density at radius 1 is 1.35 bits per heavy atom. The fourth-order valence-electron chi connectivity index (χ4n) is 1.50. The minimum atomic E-state index is -0.210. The number of unbranched alkanes of at least 4 members (excludes halogenated alkanes) is 2. The van der Waals surface area contributed by atoms with E-state index >= 15 is 0 Å². The molecule has 20 heavy (non-hydrogen) atoms. The van der Waals surface area contributed by atoms with Crippen molar-refractivity contribution in [1.82, 2.24) is 10.5 Å². The number of ether oxygens (including phenoxy) is 2. The van der Waals surface area contributed by atoms with Crippen molar-refractivity contribution in [2.24, 2.45) is 0 Å². The summed E-state index contributed by atoms with van der Waals surface area (Å²) < 4.78 is 14.5. The van der Waals surface area contributed by atoms with Crippen LogP contribution < -0.4 is 10.1 Å². The highest BCUT2D eigenvalue weighted by molar-refractivity contribution is 5.77. The third-order valence-electron chi connectivity index (χ3n) is 2.57. The third-order valence-corrected chi connectivity index (χ3v) is 2.57. The van der Waals surface area contributed by atoms with Gasteiger partial charge in [-0.3, -0.25) is 9.59 Å². The first-order valence-electron chi connectivity index (χ1n) is 6.51. The molecule has 0 fully saturated rings. The summed E-state index contributed by atoms with van der Waals surface area (Å²) in [5, 5.41) is 6.34. The van der Waals surface area contributed by atoms with Gasteiger partial charge in [-0.25, -0.2) is 0 Å². The van der Waals surface area contributed by atoms with Gasteiger partial charge in [-0.05, 0) is 24.9 Å². The van der Waals surface area contributed by atoms with Crippen LogP contribution in [0.5, 0.6) is 5.88 Å². The highest BCUT2D eigenvalue weighted by atomic mass is 16.5. The van der Waals surface area contributed by atoms with E-state index in [1.807, 2.05) is 0 Å². The SMILES string of the molecule is COC(=O)CCCCCNC(=O)COc1cc(C)on1. The van der Waals surface area contributed by atoms with E-state index in [2.05, 4.69) is 15.2 Å². The molecule has 0 radical (unpaired) electrons. The Morgan fingerprint density at radius 2 is 2.15 bits per heavy atom. The molecule has 7 nitrogen and oxygen atoms in total. The molecular formula is C13H20N2O5. The van der Waals surface area contributed by atoms with Crippen LogP contribution >= 0.6 is 0 Å². The van der Waals surface area contributed by atoms with Crippen LogP contribution in [0, 0.1) is 6.92 Å². The fraction of sp³-hybridized carbons (Fsp3) is 0.615. The average Bonchev–Trinajstić information content (AvgIpc) is 2.85. The van der Waals surface area contributed by atoms with E-state index in [1.54, 1.807) is 13.0 Å². The lowest BCUT2D eigenvalue weighted by molar-refractivity contribution is -0.140. The van der Waals surface area contributed by atoms with Crippen molar-refractivity contribution in [3.05, 3.63) is 11.8 Å². The van der Waals surface area contributed by atoms with E-state index in [0.29, 0.717) is 24.6 Å². The van der Waals surface area contributed by atoms with Crippen molar-refractivity contribution in [2.75, 3.05) is 20.3 Å². The fourth-order valence-corrected chi connectivity index (χ4v) is 1.50. The van der Waals surface area contributed by atoms with Crippen molar-refractivity contribution >= 4 is 11.9 Å². The molecule has 0 aliphatic rings. The smallest absolute Gasteiger partial charge is 0.305 e. The molecule has 1 rings (SSSR count). The molecular weight excluding hydrogens is 264 g/mol. The predicted octanol–water partition coefficient (Wildman–Crippen LogP) is 1.21. The summed E-state index contributed by atoms with van der Waals surface area (Å²) in [4.78, 5) is 22.3. The van der Waals surface area contributed by atoms with Crippen LogP contribution in [0.25, 0.3) is 0 Å². The molecule has 1 heterocycles. The van der Waals surface area contributed by atoms with Crippen LogP contribution in [0.2, 0.25) is 0 Å². The van der Waals surface area contributed by atoms with Gasteiger partial charge in [0.2, 0.25) is 0 Å². The van der Waals surface area contributed by atoms with E-state index in [4.69, 9.17) is 9.26 Å². The Balaban J connectivity index is 1.99. The van der Waals surface area contributed by atoms with Gasteiger partial charge in [-0.15, -0.1) is 0 Å². The quantitative estimate of drug-likeness (QED) is 0.541. The minimum Gasteiger partial charge on any atom is -0.469 e. The maximum atomic E-state index is 11.4. The molecule has 1 aromatic rings. The zero-order chi connectivity index (χ0) is 14.8. The number of aryl methyl sites for hydroxylation is 1. The molecule has 1 N–H and O–H groups in total. The van der Waals surface area contributed by atoms with Gasteiger partial charge in [0.1, 0.15) is 5.76 Å². The largest absolute Gasteiger partial charge is 0.469 e. The molecule has 112 valence electrons. The van der Waals surface area contributed by atoms with Gasteiger partial charge in [0.25, 0.3) is 11.8 Å². The standard InChI is InChI=1S/C13H20N2O5/c1-10-8-12(15-20-10)19-9-11(16)14-7-5-3-4-6-13(17)18-2/h8H,3-7,9H2,1-2H3,(H,14,16). The molecule has 0 aromatic carbocycles. The Kier molecular flexibility index (Phi) is 7.16. The van der Waals surface area contributed by atoms with Gasteiger partial charge in [0.15, 0.2) is 6.61 Å². The number of methoxy groups -OCH3 is 1. The zero-order valence-corrected chi connectivity index (χ0v) is 11.8.